The predicted molar refractivity (Wildman–Crippen MR) is 51.6 cm³/mol. The molecule has 1 aromatic rings. The standard InChI is InChI=1S/C9H11NO3S/c1-9(3-2-4-13-9)8-10-6(5-14-8)7(11)12/h5H,2-4H2,1H3,(H,11,12). The van der Waals surface area contributed by atoms with Crippen molar-refractivity contribution in [2.45, 2.75) is 25.4 Å². The van der Waals surface area contributed by atoms with Gasteiger partial charge >= 0.3 is 5.97 Å². The second-order valence-corrected chi connectivity index (χ2v) is 4.38. The number of rotatable bonds is 2. The molecule has 4 nitrogen and oxygen atoms in total. The molecule has 2 rings (SSSR count). The van der Waals surface area contributed by atoms with Gasteiger partial charge in [0.05, 0.1) is 0 Å². The number of ether oxygens (including phenoxy) is 1. The van der Waals surface area contributed by atoms with E-state index in [4.69, 9.17) is 9.84 Å². The van der Waals surface area contributed by atoms with E-state index in [1.165, 1.54) is 11.3 Å². The molecule has 14 heavy (non-hydrogen) atoms. The van der Waals surface area contributed by atoms with Gasteiger partial charge in [-0.1, -0.05) is 0 Å². The van der Waals surface area contributed by atoms with Crippen LogP contribution in [0.3, 0.4) is 0 Å². The van der Waals surface area contributed by atoms with E-state index in [2.05, 4.69) is 4.98 Å². The number of carbonyl (C=O) groups is 1. The number of carboxylic acid groups (broad SMARTS) is 1. The molecule has 1 aliphatic heterocycles. The van der Waals surface area contributed by atoms with Crippen LogP contribution in [0.25, 0.3) is 0 Å². The molecular weight excluding hydrogens is 202 g/mol. The van der Waals surface area contributed by atoms with E-state index in [0.29, 0.717) is 0 Å². The summed E-state index contributed by atoms with van der Waals surface area (Å²) in [5.41, 5.74) is -0.250. The first kappa shape index (κ1) is 9.61. The molecule has 1 atom stereocenters. The molecule has 1 N–H and O–H groups in total. The van der Waals surface area contributed by atoms with Crippen molar-refractivity contribution in [1.82, 2.24) is 4.98 Å². The predicted octanol–water partition coefficient (Wildman–Crippen LogP) is 1.87. The van der Waals surface area contributed by atoms with Gasteiger partial charge in [-0.3, -0.25) is 0 Å². The fraction of sp³-hybridized carbons (Fsp3) is 0.556. The van der Waals surface area contributed by atoms with E-state index in [-0.39, 0.29) is 11.3 Å². The van der Waals surface area contributed by atoms with E-state index < -0.39 is 5.97 Å². The number of carboxylic acids is 1. The lowest BCUT2D eigenvalue weighted by Crippen LogP contribution is -2.19. The minimum absolute atomic E-state index is 0.113. The van der Waals surface area contributed by atoms with Crippen LogP contribution in [-0.4, -0.2) is 22.7 Å². The third kappa shape index (κ3) is 1.53. The molecule has 0 amide bonds. The van der Waals surface area contributed by atoms with E-state index in [1.807, 2.05) is 6.92 Å². The molecule has 1 unspecified atom stereocenters. The summed E-state index contributed by atoms with van der Waals surface area (Å²) in [6.07, 6.45) is 1.93. The molecule has 0 aromatic carbocycles. The quantitative estimate of drug-likeness (QED) is 0.814. The number of aromatic nitrogens is 1. The molecule has 2 heterocycles. The Morgan fingerprint density at radius 2 is 2.57 bits per heavy atom. The van der Waals surface area contributed by atoms with Gasteiger partial charge in [0.15, 0.2) is 5.69 Å². The van der Waals surface area contributed by atoms with Gasteiger partial charge in [-0.05, 0) is 19.8 Å². The van der Waals surface area contributed by atoms with Crippen molar-refractivity contribution in [2.75, 3.05) is 6.61 Å². The third-order valence-corrected chi connectivity index (χ3v) is 3.48. The Hall–Kier alpha value is -0.940. The number of thiazole rings is 1. The Kier molecular flexibility index (Phi) is 2.28. The Labute approximate surface area is 85.5 Å². The van der Waals surface area contributed by atoms with Crippen molar-refractivity contribution in [2.24, 2.45) is 0 Å². The highest BCUT2D eigenvalue weighted by Gasteiger charge is 2.35. The maximum absolute atomic E-state index is 10.6. The number of hydrogen-bond donors (Lipinski definition) is 1. The van der Waals surface area contributed by atoms with Crippen molar-refractivity contribution in [3.8, 4) is 0 Å². The minimum atomic E-state index is -0.978. The maximum Gasteiger partial charge on any atom is 0.355 e. The van der Waals surface area contributed by atoms with Crippen LogP contribution in [0.15, 0.2) is 5.38 Å². The van der Waals surface area contributed by atoms with Crippen molar-refractivity contribution >= 4 is 17.3 Å². The summed E-state index contributed by atoms with van der Waals surface area (Å²) in [4.78, 5) is 14.7. The van der Waals surface area contributed by atoms with Gasteiger partial charge in [0.1, 0.15) is 10.6 Å². The van der Waals surface area contributed by atoms with E-state index in [1.54, 1.807) is 5.38 Å². The molecule has 0 saturated carbocycles. The summed E-state index contributed by atoms with van der Waals surface area (Å²) in [5.74, 6) is -0.978. The average Bonchev–Trinajstić information content (AvgIpc) is 2.71. The van der Waals surface area contributed by atoms with Crippen molar-refractivity contribution < 1.29 is 14.6 Å². The van der Waals surface area contributed by atoms with Gasteiger partial charge in [-0.25, -0.2) is 9.78 Å². The Morgan fingerprint density at radius 1 is 1.79 bits per heavy atom. The third-order valence-electron chi connectivity index (χ3n) is 2.39. The zero-order chi connectivity index (χ0) is 10.2. The lowest BCUT2D eigenvalue weighted by molar-refractivity contribution is 0.0165. The van der Waals surface area contributed by atoms with Crippen LogP contribution in [0.5, 0.6) is 0 Å². The fourth-order valence-electron chi connectivity index (χ4n) is 1.56. The van der Waals surface area contributed by atoms with Gasteiger partial charge < -0.3 is 9.84 Å². The summed E-state index contributed by atoms with van der Waals surface area (Å²) >= 11 is 1.36. The molecule has 1 fully saturated rings. The summed E-state index contributed by atoms with van der Waals surface area (Å²) in [7, 11) is 0. The highest BCUT2D eigenvalue weighted by molar-refractivity contribution is 7.10. The van der Waals surface area contributed by atoms with E-state index in [0.717, 1.165) is 24.5 Å². The van der Waals surface area contributed by atoms with Crippen LogP contribution in [-0.2, 0) is 10.3 Å². The highest BCUT2D eigenvalue weighted by atomic mass is 32.1. The first-order valence-electron chi connectivity index (χ1n) is 4.45. The van der Waals surface area contributed by atoms with E-state index >= 15 is 0 Å². The number of nitrogens with zero attached hydrogens (tertiary/aromatic N) is 1. The van der Waals surface area contributed by atoms with Crippen molar-refractivity contribution in [3.63, 3.8) is 0 Å². The van der Waals surface area contributed by atoms with Crippen molar-refractivity contribution in [1.29, 1.82) is 0 Å². The van der Waals surface area contributed by atoms with Crippen LogP contribution in [0.1, 0.15) is 35.3 Å². The normalized spacial score (nSPS) is 26.6. The smallest absolute Gasteiger partial charge is 0.355 e. The molecule has 0 bridgehead atoms. The Morgan fingerprint density at radius 3 is 3.07 bits per heavy atom. The SMILES string of the molecule is CC1(c2nc(C(=O)O)cs2)CCCO1. The lowest BCUT2D eigenvalue weighted by atomic mass is 10.0. The second-order valence-electron chi connectivity index (χ2n) is 3.53. The van der Waals surface area contributed by atoms with Crippen LogP contribution >= 0.6 is 11.3 Å². The molecule has 0 spiro atoms. The Balaban J connectivity index is 2.28. The summed E-state index contributed by atoms with van der Waals surface area (Å²) < 4.78 is 5.57. The van der Waals surface area contributed by atoms with E-state index in [9.17, 15) is 4.79 Å². The molecule has 76 valence electrons. The monoisotopic (exact) mass is 213 g/mol. The van der Waals surface area contributed by atoms with Gasteiger partial charge in [-0.15, -0.1) is 11.3 Å². The molecule has 1 saturated heterocycles. The molecule has 5 heteroatoms. The molecule has 0 radical (unpaired) electrons. The first-order valence-corrected chi connectivity index (χ1v) is 5.33. The minimum Gasteiger partial charge on any atom is -0.476 e. The van der Waals surface area contributed by atoms with Crippen LogP contribution in [0.4, 0.5) is 0 Å². The maximum atomic E-state index is 10.6. The zero-order valence-corrected chi connectivity index (χ0v) is 8.63. The number of hydrogen-bond acceptors (Lipinski definition) is 4. The summed E-state index contributed by atoms with van der Waals surface area (Å²) in [5, 5.41) is 11.1. The van der Waals surface area contributed by atoms with Crippen LogP contribution < -0.4 is 0 Å². The number of aromatic carboxylic acids is 1. The summed E-state index contributed by atoms with van der Waals surface area (Å²) in [6.45, 7) is 2.70. The zero-order valence-electron chi connectivity index (χ0n) is 7.82. The largest absolute Gasteiger partial charge is 0.476 e. The fourth-order valence-corrected chi connectivity index (χ4v) is 2.50. The van der Waals surface area contributed by atoms with Crippen molar-refractivity contribution in [3.05, 3.63) is 16.1 Å². The molecule has 1 aliphatic rings. The highest BCUT2D eigenvalue weighted by Crippen LogP contribution is 2.37. The Bertz CT molecular complexity index is 355. The van der Waals surface area contributed by atoms with Gasteiger partial charge in [0.2, 0.25) is 0 Å². The van der Waals surface area contributed by atoms with Crippen LogP contribution in [0, 0.1) is 0 Å². The first-order chi connectivity index (χ1) is 6.62. The lowest BCUT2D eigenvalue weighted by Gasteiger charge is -2.19. The van der Waals surface area contributed by atoms with Gasteiger partial charge in [0.25, 0.3) is 0 Å². The molecule has 1 aromatic heterocycles. The second kappa shape index (κ2) is 3.33. The topological polar surface area (TPSA) is 59.4 Å². The molecular formula is C9H11NO3S. The summed E-state index contributed by atoms with van der Waals surface area (Å²) in [6, 6.07) is 0. The van der Waals surface area contributed by atoms with Gasteiger partial charge in [-0.2, -0.15) is 0 Å². The molecule has 0 aliphatic carbocycles. The van der Waals surface area contributed by atoms with Gasteiger partial charge in [0, 0.05) is 12.0 Å². The average molecular weight is 213 g/mol. The van der Waals surface area contributed by atoms with Crippen LogP contribution in [0.2, 0.25) is 0 Å².